The highest BCUT2D eigenvalue weighted by Gasteiger charge is 2.02. The molecule has 1 aromatic rings. The van der Waals surface area contributed by atoms with E-state index < -0.39 is 0 Å². The van der Waals surface area contributed by atoms with Crippen LogP contribution in [0.15, 0.2) is 23.2 Å². The van der Waals surface area contributed by atoms with Gasteiger partial charge in [0.05, 0.1) is 5.36 Å². The molecule has 3 heteroatoms. The van der Waals surface area contributed by atoms with E-state index >= 15 is 0 Å². The van der Waals surface area contributed by atoms with Crippen LogP contribution in [0.4, 0.5) is 0 Å². The largest absolute Gasteiger partial charge is 0.270 e. The molecule has 0 saturated heterocycles. The molecule has 0 spiro atoms. The Hall–Kier alpha value is -1.15. The molecule has 0 aliphatic carbocycles. The van der Waals surface area contributed by atoms with Crippen LogP contribution in [0.1, 0.15) is 5.56 Å². The summed E-state index contributed by atoms with van der Waals surface area (Å²) >= 11 is 5.62. The Morgan fingerprint density at radius 1 is 1.38 bits per heavy atom. The quantitative estimate of drug-likeness (QED) is 0.626. The first kappa shape index (κ1) is 8.45. The van der Waals surface area contributed by atoms with Gasteiger partial charge in [-0.25, -0.2) is 4.99 Å². The Kier molecular flexibility index (Phi) is 2.15. The summed E-state index contributed by atoms with van der Waals surface area (Å²) in [6, 6.07) is 5.78. The second-order valence-corrected chi connectivity index (χ2v) is 3.30. The average Bonchev–Trinajstić information content (AvgIpc) is 2.44. The van der Waals surface area contributed by atoms with Gasteiger partial charge in [0, 0.05) is 17.2 Å². The van der Waals surface area contributed by atoms with Gasteiger partial charge in [0.15, 0.2) is 0 Å². The zero-order chi connectivity index (χ0) is 9.26. The zero-order valence-corrected chi connectivity index (χ0v) is 7.71. The molecule has 0 atom stereocenters. The summed E-state index contributed by atoms with van der Waals surface area (Å²) in [6.07, 6.45) is 2.38. The van der Waals surface area contributed by atoms with Gasteiger partial charge in [-0.2, -0.15) is 0 Å². The van der Waals surface area contributed by atoms with Gasteiger partial charge in [-0.1, -0.05) is 6.07 Å². The first-order valence-corrected chi connectivity index (χ1v) is 4.62. The van der Waals surface area contributed by atoms with Crippen LogP contribution in [0.5, 0.6) is 0 Å². The van der Waals surface area contributed by atoms with E-state index in [1.165, 1.54) is 0 Å². The van der Waals surface area contributed by atoms with Crippen LogP contribution >= 0.6 is 11.6 Å². The highest BCUT2D eigenvalue weighted by molar-refractivity contribution is 6.18. The van der Waals surface area contributed by atoms with Gasteiger partial charge in [0.25, 0.3) is 5.91 Å². The van der Waals surface area contributed by atoms with Gasteiger partial charge >= 0.3 is 0 Å². The van der Waals surface area contributed by atoms with Crippen molar-refractivity contribution in [2.75, 3.05) is 5.88 Å². The fourth-order valence-corrected chi connectivity index (χ4v) is 1.59. The molecule has 66 valence electrons. The van der Waals surface area contributed by atoms with Crippen molar-refractivity contribution in [3.63, 3.8) is 0 Å². The number of amides is 1. The fraction of sp³-hybridized carbons (Fsp3) is 0.200. The molecule has 0 radical (unpaired) electrons. The van der Waals surface area contributed by atoms with Gasteiger partial charge in [0.1, 0.15) is 0 Å². The van der Waals surface area contributed by atoms with Gasteiger partial charge in [-0.3, -0.25) is 4.79 Å². The van der Waals surface area contributed by atoms with Gasteiger partial charge in [0.2, 0.25) is 0 Å². The molecule has 1 aliphatic rings. The van der Waals surface area contributed by atoms with E-state index in [4.69, 9.17) is 11.6 Å². The lowest BCUT2D eigenvalue weighted by atomic mass is 10.1. The SMILES string of the molecule is O=C1C=c2cc(CCCl)ccc2=N1. The van der Waals surface area contributed by atoms with Crippen molar-refractivity contribution in [1.82, 2.24) is 0 Å². The molecule has 1 amide bonds. The predicted octanol–water partition coefficient (Wildman–Crippen LogP) is 0.408. The topological polar surface area (TPSA) is 29.4 Å². The Labute approximate surface area is 80.6 Å². The van der Waals surface area contributed by atoms with E-state index in [1.807, 2.05) is 18.2 Å². The zero-order valence-electron chi connectivity index (χ0n) is 6.96. The number of alkyl halides is 1. The number of aryl methyl sites for hydroxylation is 1. The monoisotopic (exact) mass is 193 g/mol. The number of rotatable bonds is 2. The molecule has 1 heterocycles. The number of carbonyl (C=O) groups excluding carboxylic acids is 1. The van der Waals surface area contributed by atoms with Crippen LogP contribution in [0, 0.1) is 0 Å². The van der Waals surface area contributed by atoms with Gasteiger partial charge in [-0.15, -0.1) is 11.6 Å². The molecule has 0 bridgehead atoms. The Balaban J connectivity index is 2.53. The third-order valence-electron chi connectivity index (χ3n) is 1.98. The first-order chi connectivity index (χ1) is 6.29. The minimum atomic E-state index is -0.168. The second kappa shape index (κ2) is 3.30. The smallest absolute Gasteiger partial charge is 0.267 e. The molecular formula is C10H8ClNO. The summed E-state index contributed by atoms with van der Waals surface area (Å²) in [6.45, 7) is 0. The fourth-order valence-electron chi connectivity index (χ4n) is 1.37. The predicted molar refractivity (Wildman–Crippen MR) is 51.1 cm³/mol. The molecule has 0 aromatic heterocycles. The molecule has 2 rings (SSSR count). The van der Waals surface area contributed by atoms with Crippen LogP contribution in [-0.2, 0) is 11.2 Å². The Morgan fingerprint density at radius 3 is 3.00 bits per heavy atom. The number of nitrogens with zero attached hydrogens (tertiary/aromatic N) is 1. The van der Waals surface area contributed by atoms with Crippen molar-refractivity contribution in [3.05, 3.63) is 34.3 Å². The summed E-state index contributed by atoms with van der Waals surface area (Å²) in [5.74, 6) is 0.433. The maximum atomic E-state index is 10.9. The Morgan fingerprint density at radius 2 is 2.23 bits per heavy atom. The van der Waals surface area contributed by atoms with Crippen LogP contribution in [-0.4, -0.2) is 11.8 Å². The number of fused-ring (bicyclic) bond motifs is 1. The number of benzene rings is 1. The van der Waals surface area contributed by atoms with Crippen molar-refractivity contribution in [2.45, 2.75) is 6.42 Å². The third kappa shape index (κ3) is 1.63. The highest BCUT2D eigenvalue weighted by atomic mass is 35.5. The molecular weight excluding hydrogens is 186 g/mol. The van der Waals surface area contributed by atoms with E-state index in [-0.39, 0.29) is 5.91 Å². The summed E-state index contributed by atoms with van der Waals surface area (Å²) < 4.78 is 0. The minimum Gasteiger partial charge on any atom is -0.267 e. The average molecular weight is 194 g/mol. The molecule has 0 saturated carbocycles. The minimum absolute atomic E-state index is 0.168. The number of halogens is 1. The maximum Gasteiger partial charge on any atom is 0.270 e. The molecule has 1 aromatic carbocycles. The second-order valence-electron chi connectivity index (χ2n) is 2.93. The van der Waals surface area contributed by atoms with E-state index in [2.05, 4.69) is 4.99 Å². The Bertz CT molecular complexity index is 464. The summed E-state index contributed by atoms with van der Waals surface area (Å²) in [7, 11) is 0. The van der Waals surface area contributed by atoms with E-state index in [0.717, 1.165) is 22.6 Å². The van der Waals surface area contributed by atoms with Crippen LogP contribution in [0.25, 0.3) is 6.08 Å². The van der Waals surface area contributed by atoms with Crippen molar-refractivity contribution in [1.29, 1.82) is 0 Å². The van der Waals surface area contributed by atoms with Crippen LogP contribution < -0.4 is 10.6 Å². The first-order valence-electron chi connectivity index (χ1n) is 4.09. The van der Waals surface area contributed by atoms with Crippen molar-refractivity contribution >= 4 is 23.6 Å². The lowest BCUT2D eigenvalue weighted by Gasteiger charge is -1.94. The molecule has 1 aliphatic heterocycles. The molecule has 0 N–H and O–H groups in total. The van der Waals surface area contributed by atoms with Crippen LogP contribution in [0.3, 0.4) is 0 Å². The number of hydrogen-bond acceptors (Lipinski definition) is 1. The lowest BCUT2D eigenvalue weighted by molar-refractivity contribution is -0.112. The summed E-state index contributed by atoms with van der Waals surface area (Å²) in [5.41, 5.74) is 1.15. The molecule has 2 nitrogen and oxygen atoms in total. The van der Waals surface area contributed by atoms with E-state index in [9.17, 15) is 4.79 Å². The van der Waals surface area contributed by atoms with E-state index in [1.54, 1.807) is 6.08 Å². The summed E-state index contributed by atoms with van der Waals surface area (Å²) in [4.78, 5) is 14.7. The standard InChI is InChI=1S/C10H8ClNO/c11-4-3-7-1-2-9-8(5-7)6-10(13)12-9/h1-2,5-6H,3-4H2. The van der Waals surface area contributed by atoms with Crippen LogP contribution in [0.2, 0.25) is 0 Å². The number of hydrogen-bond donors (Lipinski definition) is 0. The third-order valence-corrected chi connectivity index (χ3v) is 2.17. The van der Waals surface area contributed by atoms with Crippen molar-refractivity contribution < 1.29 is 4.79 Å². The molecule has 13 heavy (non-hydrogen) atoms. The van der Waals surface area contributed by atoms with E-state index in [0.29, 0.717) is 5.88 Å². The normalized spacial score (nSPS) is 13.5. The van der Waals surface area contributed by atoms with Crippen molar-refractivity contribution in [2.24, 2.45) is 4.99 Å². The van der Waals surface area contributed by atoms with Gasteiger partial charge in [-0.05, 0) is 24.1 Å². The number of carbonyl (C=O) groups is 1. The van der Waals surface area contributed by atoms with Gasteiger partial charge < -0.3 is 0 Å². The van der Waals surface area contributed by atoms with Crippen molar-refractivity contribution in [3.8, 4) is 0 Å². The summed E-state index contributed by atoms with van der Waals surface area (Å²) in [5, 5.41) is 1.68. The molecule has 0 fully saturated rings. The highest BCUT2D eigenvalue weighted by Crippen LogP contribution is 1.96. The maximum absolute atomic E-state index is 10.9. The molecule has 0 unspecified atom stereocenters. The lowest BCUT2D eigenvalue weighted by Crippen LogP contribution is -2.21.